The smallest absolute Gasteiger partial charge is 0.331 e. The molecule has 5 heteroatoms. The van der Waals surface area contributed by atoms with E-state index in [-0.39, 0.29) is 46.6 Å². The third-order valence-electron chi connectivity index (χ3n) is 9.74. The highest BCUT2D eigenvalue weighted by Crippen LogP contribution is 2.69. The molecule has 4 fully saturated rings. The summed E-state index contributed by atoms with van der Waals surface area (Å²) in [6.07, 6.45) is 10.1. The van der Waals surface area contributed by atoms with E-state index in [4.69, 9.17) is 4.74 Å². The van der Waals surface area contributed by atoms with E-state index in [1.54, 1.807) is 6.08 Å². The number of carbonyl (C=O) groups excluding carboxylic acids is 2. The van der Waals surface area contributed by atoms with E-state index in [0.29, 0.717) is 13.0 Å². The first-order chi connectivity index (χ1) is 13.3. The predicted octanol–water partition coefficient (Wildman–Crippen LogP) is 2.78. The summed E-state index contributed by atoms with van der Waals surface area (Å²) >= 11 is 0. The van der Waals surface area contributed by atoms with Crippen molar-refractivity contribution in [2.75, 3.05) is 6.61 Å². The molecular formula is C23H32O5. The van der Waals surface area contributed by atoms with E-state index in [0.717, 1.165) is 56.9 Å². The number of aliphatic hydroxyl groups excluding tert-OH is 1. The van der Waals surface area contributed by atoms with E-state index >= 15 is 0 Å². The Kier molecular flexibility index (Phi) is 4.13. The van der Waals surface area contributed by atoms with Crippen molar-refractivity contribution in [3.05, 3.63) is 11.6 Å². The minimum Gasteiger partial charge on any atom is -0.458 e. The molecule has 1 heterocycles. The number of aliphatic hydroxyl groups is 2. The first kappa shape index (κ1) is 18.8. The van der Waals surface area contributed by atoms with E-state index in [1.165, 1.54) is 6.29 Å². The lowest BCUT2D eigenvalue weighted by Crippen LogP contribution is -2.63. The number of carbonyl (C=O) groups is 2. The van der Waals surface area contributed by atoms with E-state index in [1.807, 2.05) is 0 Å². The molecule has 0 saturated heterocycles. The van der Waals surface area contributed by atoms with Crippen molar-refractivity contribution in [1.82, 2.24) is 0 Å². The zero-order chi connectivity index (χ0) is 19.7. The zero-order valence-corrected chi connectivity index (χ0v) is 16.7. The maximum Gasteiger partial charge on any atom is 0.331 e. The first-order valence-electron chi connectivity index (χ1n) is 11.1. The number of fused-ring (bicyclic) bond motifs is 5. The maximum atomic E-state index is 12.4. The van der Waals surface area contributed by atoms with Crippen LogP contribution in [0.25, 0.3) is 0 Å². The Morgan fingerprint density at radius 3 is 2.64 bits per heavy atom. The summed E-state index contributed by atoms with van der Waals surface area (Å²) in [5, 5.41) is 22.3. The van der Waals surface area contributed by atoms with Gasteiger partial charge in [-0.1, -0.05) is 6.92 Å². The number of aldehydes is 1. The average Bonchev–Trinajstić information content (AvgIpc) is 3.22. The van der Waals surface area contributed by atoms with Gasteiger partial charge in [-0.05, 0) is 87.0 Å². The van der Waals surface area contributed by atoms with Crippen LogP contribution in [-0.2, 0) is 14.3 Å². The number of rotatable bonds is 2. The van der Waals surface area contributed by atoms with Gasteiger partial charge in [0, 0.05) is 16.9 Å². The molecule has 0 aromatic carbocycles. The number of hydrogen-bond donors (Lipinski definition) is 2. The van der Waals surface area contributed by atoms with Crippen LogP contribution in [0.5, 0.6) is 0 Å². The SMILES string of the molecule is C[C@]12CCC3C(CC[C@H]4C[C@@H](O)CC[C@]34C=O)[C@@]1(O)CC[C@@H]2C1=CC(=O)OC1. The second kappa shape index (κ2) is 6.15. The fourth-order valence-electron chi connectivity index (χ4n) is 8.31. The molecule has 5 aliphatic rings. The molecule has 0 spiro atoms. The molecular weight excluding hydrogens is 356 g/mol. The molecule has 4 saturated carbocycles. The van der Waals surface area contributed by atoms with Crippen molar-refractivity contribution in [2.24, 2.45) is 34.5 Å². The summed E-state index contributed by atoms with van der Waals surface area (Å²) in [4.78, 5) is 24.1. The highest BCUT2D eigenvalue weighted by molar-refractivity contribution is 5.85. The van der Waals surface area contributed by atoms with Gasteiger partial charge in [0.25, 0.3) is 0 Å². The van der Waals surface area contributed by atoms with Gasteiger partial charge in [0.2, 0.25) is 0 Å². The molecule has 5 rings (SSSR count). The quantitative estimate of drug-likeness (QED) is 0.561. The van der Waals surface area contributed by atoms with Crippen LogP contribution in [0.4, 0.5) is 0 Å². The third kappa shape index (κ3) is 2.26. The highest BCUT2D eigenvalue weighted by Gasteiger charge is 2.68. The van der Waals surface area contributed by atoms with Crippen LogP contribution in [0.2, 0.25) is 0 Å². The fourth-order valence-corrected chi connectivity index (χ4v) is 8.31. The molecule has 1 aliphatic heterocycles. The summed E-state index contributed by atoms with van der Waals surface area (Å²) < 4.78 is 5.17. The minimum absolute atomic E-state index is 0.131. The zero-order valence-electron chi connectivity index (χ0n) is 16.7. The Morgan fingerprint density at radius 1 is 1.11 bits per heavy atom. The van der Waals surface area contributed by atoms with Crippen LogP contribution in [0.15, 0.2) is 11.6 Å². The Bertz CT molecular complexity index is 731. The van der Waals surface area contributed by atoms with Crippen LogP contribution < -0.4 is 0 Å². The Balaban J connectivity index is 1.49. The standard InChI is InChI=1S/C23H32O5/c1-21-7-5-18-19(3-2-15-11-16(25)4-8-22(15,18)13-24)23(21,27)9-6-17(21)14-10-20(26)28-12-14/h10,13,15-19,25,27H,2-9,11-12H2,1H3/t15-,16-,17+,18?,19?,21+,22+,23-/m0/s1. The molecule has 5 nitrogen and oxygen atoms in total. The van der Waals surface area contributed by atoms with Gasteiger partial charge in [-0.25, -0.2) is 4.79 Å². The molecule has 8 atom stereocenters. The lowest BCUT2D eigenvalue weighted by Gasteiger charge is -2.62. The summed E-state index contributed by atoms with van der Waals surface area (Å²) in [6, 6.07) is 0. The molecule has 0 bridgehead atoms. The van der Waals surface area contributed by atoms with Gasteiger partial charge in [-0.15, -0.1) is 0 Å². The van der Waals surface area contributed by atoms with Gasteiger partial charge in [0.05, 0.1) is 11.7 Å². The van der Waals surface area contributed by atoms with Crippen LogP contribution in [0.1, 0.15) is 64.7 Å². The molecule has 0 amide bonds. The molecule has 0 radical (unpaired) electrons. The topological polar surface area (TPSA) is 83.8 Å². The lowest BCUT2D eigenvalue weighted by molar-refractivity contribution is -0.207. The summed E-state index contributed by atoms with van der Waals surface area (Å²) in [5.74, 6) is 0.519. The van der Waals surface area contributed by atoms with Crippen LogP contribution in [0.3, 0.4) is 0 Å². The number of cyclic esters (lactones) is 1. The van der Waals surface area contributed by atoms with Crippen molar-refractivity contribution in [3.8, 4) is 0 Å². The van der Waals surface area contributed by atoms with Gasteiger partial charge in [-0.2, -0.15) is 0 Å². The van der Waals surface area contributed by atoms with E-state index in [9.17, 15) is 19.8 Å². The highest BCUT2D eigenvalue weighted by atomic mass is 16.5. The van der Waals surface area contributed by atoms with E-state index in [2.05, 4.69) is 6.92 Å². The van der Waals surface area contributed by atoms with Crippen molar-refractivity contribution in [1.29, 1.82) is 0 Å². The van der Waals surface area contributed by atoms with Gasteiger partial charge in [-0.3, -0.25) is 0 Å². The number of esters is 1. The molecule has 0 aromatic heterocycles. The van der Waals surface area contributed by atoms with Gasteiger partial charge < -0.3 is 19.7 Å². The molecule has 4 aliphatic carbocycles. The lowest BCUT2D eigenvalue weighted by atomic mass is 9.43. The van der Waals surface area contributed by atoms with Crippen LogP contribution >= 0.6 is 0 Å². The third-order valence-corrected chi connectivity index (χ3v) is 9.74. The molecule has 154 valence electrons. The van der Waals surface area contributed by atoms with Gasteiger partial charge >= 0.3 is 5.97 Å². The van der Waals surface area contributed by atoms with Gasteiger partial charge in [0.1, 0.15) is 12.9 Å². The van der Waals surface area contributed by atoms with Crippen LogP contribution in [-0.4, -0.2) is 40.8 Å². The largest absolute Gasteiger partial charge is 0.458 e. The van der Waals surface area contributed by atoms with Crippen LogP contribution in [0, 0.1) is 34.5 Å². The second-order valence-electron chi connectivity index (χ2n) is 10.4. The van der Waals surface area contributed by atoms with E-state index < -0.39 is 5.60 Å². The second-order valence-corrected chi connectivity index (χ2v) is 10.4. The molecule has 2 unspecified atom stereocenters. The average molecular weight is 389 g/mol. The van der Waals surface area contributed by atoms with Crippen molar-refractivity contribution in [2.45, 2.75) is 76.4 Å². The van der Waals surface area contributed by atoms with Crippen molar-refractivity contribution in [3.63, 3.8) is 0 Å². The van der Waals surface area contributed by atoms with Gasteiger partial charge in [0.15, 0.2) is 0 Å². The molecule has 2 N–H and O–H groups in total. The fraction of sp³-hybridized carbons (Fsp3) is 0.826. The monoisotopic (exact) mass is 388 g/mol. The number of hydrogen-bond acceptors (Lipinski definition) is 5. The molecule has 28 heavy (non-hydrogen) atoms. The summed E-state index contributed by atoms with van der Waals surface area (Å²) in [6.45, 7) is 2.57. The summed E-state index contributed by atoms with van der Waals surface area (Å²) in [7, 11) is 0. The summed E-state index contributed by atoms with van der Waals surface area (Å²) in [5.41, 5.74) is -0.381. The Hall–Kier alpha value is -1.20. The van der Waals surface area contributed by atoms with Crippen molar-refractivity contribution >= 4 is 12.3 Å². The first-order valence-corrected chi connectivity index (χ1v) is 11.1. The minimum atomic E-state index is -0.788. The Morgan fingerprint density at radius 2 is 1.93 bits per heavy atom. The predicted molar refractivity (Wildman–Crippen MR) is 102 cm³/mol. The normalized spacial score (nSPS) is 52.9. The maximum absolute atomic E-state index is 12.4. The molecule has 0 aromatic rings. The van der Waals surface area contributed by atoms with Crippen molar-refractivity contribution < 1.29 is 24.5 Å². The Labute approximate surface area is 166 Å². The number of ether oxygens (including phenoxy) is 1.